The van der Waals surface area contributed by atoms with Gasteiger partial charge in [-0.05, 0) is 44.6 Å². The molecule has 150 valence electrons. The van der Waals surface area contributed by atoms with Crippen molar-refractivity contribution in [1.29, 1.82) is 0 Å². The smallest absolute Gasteiger partial charge is 0.348 e. The number of esters is 2. The quantitative estimate of drug-likeness (QED) is 0.513. The highest BCUT2D eigenvalue weighted by atomic mass is 32.1. The van der Waals surface area contributed by atoms with Crippen molar-refractivity contribution in [1.82, 2.24) is 5.32 Å². The lowest BCUT2D eigenvalue weighted by atomic mass is 10.1. The molecule has 2 N–H and O–H groups in total. The fourth-order valence-electron chi connectivity index (χ4n) is 2.41. The Morgan fingerprint density at radius 1 is 1.14 bits per heavy atom. The van der Waals surface area contributed by atoms with Crippen LogP contribution in [0.15, 0.2) is 24.3 Å². The van der Waals surface area contributed by atoms with Gasteiger partial charge in [0.2, 0.25) is 0 Å². The monoisotopic (exact) mass is 424 g/mol. The lowest BCUT2D eigenvalue weighted by Crippen LogP contribution is -2.28. The van der Waals surface area contributed by atoms with Crippen molar-refractivity contribution in [3.63, 3.8) is 0 Å². The Labute approximate surface area is 172 Å². The molecule has 1 heterocycles. The number of benzene rings is 1. The minimum absolute atomic E-state index is 0.169. The third-order valence-electron chi connectivity index (χ3n) is 3.71. The van der Waals surface area contributed by atoms with Crippen molar-refractivity contribution in [3.05, 3.63) is 51.7 Å². The molecule has 0 saturated heterocycles. The molecule has 0 bridgehead atoms. The van der Waals surface area contributed by atoms with Gasteiger partial charge in [0.15, 0.2) is 5.11 Å². The Balaban J connectivity index is 2.21. The van der Waals surface area contributed by atoms with E-state index in [4.69, 9.17) is 21.7 Å². The van der Waals surface area contributed by atoms with Crippen LogP contribution in [-0.4, -0.2) is 30.3 Å². The third-order valence-corrected chi connectivity index (χ3v) is 5.15. The van der Waals surface area contributed by atoms with Crippen LogP contribution in [0.5, 0.6) is 0 Å². The van der Waals surface area contributed by atoms with Crippen LogP contribution < -0.4 is 10.6 Å². The summed E-state index contributed by atoms with van der Waals surface area (Å²) in [6.45, 7) is 5.63. The number of carbonyl (C=O) groups is 2. The fraction of sp³-hybridized carbons (Fsp3) is 0.316. The Bertz CT molecular complexity index is 883. The van der Waals surface area contributed by atoms with Crippen molar-refractivity contribution < 1.29 is 23.5 Å². The zero-order valence-corrected chi connectivity index (χ0v) is 17.4. The summed E-state index contributed by atoms with van der Waals surface area (Å²) in [6, 6.07) is 6.33. The molecular formula is C19H21FN2O4S2. The van der Waals surface area contributed by atoms with Crippen LogP contribution in [-0.2, 0) is 16.0 Å². The van der Waals surface area contributed by atoms with Crippen LogP contribution in [0.4, 0.5) is 9.39 Å². The normalized spacial score (nSPS) is 10.3. The van der Waals surface area contributed by atoms with Crippen LogP contribution in [0, 0.1) is 12.7 Å². The maximum absolute atomic E-state index is 13.7. The van der Waals surface area contributed by atoms with Crippen molar-refractivity contribution in [3.8, 4) is 0 Å². The number of nitrogens with one attached hydrogen (secondary N) is 2. The molecular weight excluding hydrogens is 403 g/mol. The first kappa shape index (κ1) is 21.8. The van der Waals surface area contributed by atoms with E-state index in [1.807, 2.05) is 0 Å². The zero-order valence-electron chi connectivity index (χ0n) is 15.8. The number of hydrogen-bond donors (Lipinski definition) is 2. The minimum atomic E-state index is -0.564. The number of thiocarbonyl (C=S) groups is 1. The van der Waals surface area contributed by atoms with E-state index in [9.17, 15) is 14.0 Å². The van der Waals surface area contributed by atoms with Crippen LogP contribution >= 0.6 is 23.6 Å². The molecule has 0 aliphatic heterocycles. The number of carbonyl (C=O) groups excluding carboxylic acids is 2. The summed E-state index contributed by atoms with van der Waals surface area (Å²) in [6.07, 6.45) is 0. The summed E-state index contributed by atoms with van der Waals surface area (Å²) in [5, 5.41) is 6.35. The molecule has 1 aromatic carbocycles. The molecule has 28 heavy (non-hydrogen) atoms. The lowest BCUT2D eigenvalue weighted by Gasteiger charge is -2.11. The highest BCUT2D eigenvalue weighted by molar-refractivity contribution is 7.80. The number of ether oxygens (including phenoxy) is 2. The summed E-state index contributed by atoms with van der Waals surface area (Å²) >= 11 is 6.31. The summed E-state index contributed by atoms with van der Waals surface area (Å²) in [5.74, 6) is -1.43. The van der Waals surface area contributed by atoms with Crippen LogP contribution in [0.25, 0.3) is 0 Å². The van der Waals surface area contributed by atoms with Crippen LogP contribution in [0.3, 0.4) is 0 Å². The first-order valence-corrected chi connectivity index (χ1v) is 9.87. The van der Waals surface area contributed by atoms with E-state index in [1.165, 1.54) is 6.07 Å². The predicted octanol–water partition coefficient (Wildman–Crippen LogP) is 4.04. The Hall–Kier alpha value is -2.52. The number of rotatable bonds is 7. The molecule has 2 rings (SSSR count). The summed E-state index contributed by atoms with van der Waals surface area (Å²) in [7, 11) is 0. The fourth-order valence-corrected chi connectivity index (χ4v) is 3.74. The summed E-state index contributed by atoms with van der Waals surface area (Å²) < 4.78 is 23.9. The van der Waals surface area contributed by atoms with Gasteiger partial charge in [-0.2, -0.15) is 0 Å². The molecule has 2 aromatic rings. The van der Waals surface area contributed by atoms with E-state index in [-0.39, 0.29) is 36.3 Å². The third kappa shape index (κ3) is 5.26. The van der Waals surface area contributed by atoms with Crippen LogP contribution in [0.1, 0.15) is 45.0 Å². The summed E-state index contributed by atoms with van der Waals surface area (Å²) in [5.41, 5.74) is 1.14. The van der Waals surface area contributed by atoms with Crippen molar-refractivity contribution >= 4 is 45.6 Å². The Kier molecular flexibility index (Phi) is 7.89. The van der Waals surface area contributed by atoms with Crippen molar-refractivity contribution in [2.45, 2.75) is 27.3 Å². The van der Waals surface area contributed by atoms with E-state index >= 15 is 0 Å². The SMILES string of the molecule is CCOC(=O)c1sc(NC(=S)NCc2ccccc2F)c(C(=O)OCC)c1C. The first-order valence-electron chi connectivity index (χ1n) is 8.64. The van der Waals surface area contributed by atoms with E-state index in [2.05, 4.69) is 10.6 Å². The molecule has 0 saturated carbocycles. The molecule has 0 radical (unpaired) electrons. The van der Waals surface area contributed by atoms with Crippen molar-refractivity contribution in [2.75, 3.05) is 18.5 Å². The van der Waals surface area contributed by atoms with Gasteiger partial charge >= 0.3 is 11.9 Å². The Morgan fingerprint density at radius 2 is 1.79 bits per heavy atom. The average Bonchev–Trinajstić information content (AvgIpc) is 2.97. The number of anilines is 1. The largest absolute Gasteiger partial charge is 0.462 e. The Morgan fingerprint density at radius 3 is 2.43 bits per heavy atom. The second kappa shape index (κ2) is 10.1. The molecule has 6 nitrogen and oxygen atoms in total. The zero-order chi connectivity index (χ0) is 20.7. The number of thiophene rings is 1. The lowest BCUT2D eigenvalue weighted by molar-refractivity contribution is 0.0527. The topological polar surface area (TPSA) is 76.7 Å². The highest BCUT2D eigenvalue weighted by Crippen LogP contribution is 2.34. The van der Waals surface area contributed by atoms with E-state index in [0.717, 1.165) is 11.3 Å². The van der Waals surface area contributed by atoms with E-state index < -0.39 is 11.9 Å². The maximum atomic E-state index is 13.7. The molecule has 0 aliphatic carbocycles. The van der Waals surface area contributed by atoms with E-state index in [0.29, 0.717) is 21.0 Å². The molecule has 0 amide bonds. The van der Waals surface area contributed by atoms with E-state index in [1.54, 1.807) is 39.0 Å². The average molecular weight is 425 g/mol. The molecule has 0 aliphatic rings. The van der Waals surface area contributed by atoms with Gasteiger partial charge in [-0.3, -0.25) is 0 Å². The maximum Gasteiger partial charge on any atom is 0.348 e. The van der Waals surface area contributed by atoms with Gasteiger partial charge in [-0.15, -0.1) is 11.3 Å². The number of hydrogen-bond acceptors (Lipinski definition) is 6. The van der Waals surface area contributed by atoms with Gasteiger partial charge in [0, 0.05) is 12.1 Å². The van der Waals surface area contributed by atoms with Gasteiger partial charge in [-0.1, -0.05) is 18.2 Å². The van der Waals surface area contributed by atoms with Gasteiger partial charge in [0.25, 0.3) is 0 Å². The van der Waals surface area contributed by atoms with Gasteiger partial charge in [0.05, 0.1) is 18.8 Å². The molecule has 0 atom stereocenters. The molecule has 0 fully saturated rings. The standard InChI is InChI=1S/C19H21FN2O4S2/c1-4-25-17(23)14-11(3)15(18(24)26-5-2)28-16(14)22-19(27)21-10-12-8-6-7-9-13(12)20/h6-9H,4-5,10H2,1-3H3,(H2,21,22,27). The van der Waals surface area contributed by atoms with Gasteiger partial charge < -0.3 is 20.1 Å². The molecule has 0 unspecified atom stereocenters. The summed E-state index contributed by atoms with van der Waals surface area (Å²) in [4.78, 5) is 24.8. The van der Waals surface area contributed by atoms with Gasteiger partial charge in [0.1, 0.15) is 15.7 Å². The second-order valence-electron chi connectivity index (χ2n) is 5.60. The second-order valence-corrected chi connectivity index (χ2v) is 7.03. The minimum Gasteiger partial charge on any atom is -0.462 e. The molecule has 9 heteroatoms. The first-order chi connectivity index (χ1) is 13.4. The highest BCUT2D eigenvalue weighted by Gasteiger charge is 2.26. The molecule has 0 spiro atoms. The number of halogens is 1. The van der Waals surface area contributed by atoms with Crippen molar-refractivity contribution in [2.24, 2.45) is 0 Å². The van der Waals surface area contributed by atoms with Crippen LogP contribution in [0.2, 0.25) is 0 Å². The predicted molar refractivity (Wildman–Crippen MR) is 110 cm³/mol. The van der Waals surface area contributed by atoms with Gasteiger partial charge in [-0.25, -0.2) is 14.0 Å². The molecule has 1 aromatic heterocycles.